The average Bonchev–Trinajstić information content (AvgIpc) is 3.07. The maximum absolute atomic E-state index is 12.2. The van der Waals surface area contributed by atoms with Crippen LogP contribution in [0.4, 0.5) is 5.69 Å². The first-order valence-electron chi connectivity index (χ1n) is 8.63. The summed E-state index contributed by atoms with van der Waals surface area (Å²) in [5.74, 6) is 0. The molecule has 0 aliphatic carbocycles. The number of benzene rings is 1. The third kappa shape index (κ3) is 5.04. The van der Waals surface area contributed by atoms with E-state index in [1.165, 1.54) is 17.0 Å². The number of sulfonamides is 1. The van der Waals surface area contributed by atoms with E-state index in [2.05, 4.69) is 38.8 Å². The standard InChI is InChI=1S/C18H25N3O2S2/c1-16-8-9-18(24-16)25(22,23)19-10-5-11-20-12-14-21(15-13-20)17-6-3-2-4-7-17/h2-4,6-9,19H,5,10-15H2,1H3. The second-order valence-electron chi connectivity index (χ2n) is 6.28. The molecule has 7 heteroatoms. The van der Waals surface area contributed by atoms with Crippen LogP contribution in [0.2, 0.25) is 0 Å². The second-order valence-corrected chi connectivity index (χ2v) is 9.56. The molecular weight excluding hydrogens is 354 g/mol. The van der Waals surface area contributed by atoms with Crippen molar-refractivity contribution in [2.75, 3.05) is 44.2 Å². The molecule has 1 aromatic carbocycles. The third-order valence-corrected chi connectivity index (χ3v) is 7.37. The Morgan fingerprint density at radius 1 is 1.04 bits per heavy atom. The first-order valence-corrected chi connectivity index (χ1v) is 10.9. The van der Waals surface area contributed by atoms with Crippen molar-refractivity contribution >= 4 is 27.0 Å². The fourth-order valence-electron chi connectivity index (χ4n) is 3.01. The topological polar surface area (TPSA) is 52.7 Å². The van der Waals surface area contributed by atoms with Gasteiger partial charge in [-0.3, -0.25) is 4.90 Å². The molecule has 3 rings (SSSR count). The van der Waals surface area contributed by atoms with E-state index >= 15 is 0 Å². The Labute approximate surface area is 154 Å². The van der Waals surface area contributed by atoms with E-state index in [0.717, 1.165) is 44.0 Å². The van der Waals surface area contributed by atoms with Crippen LogP contribution in [-0.4, -0.2) is 52.6 Å². The van der Waals surface area contributed by atoms with E-state index in [4.69, 9.17) is 0 Å². The Hall–Kier alpha value is -1.41. The summed E-state index contributed by atoms with van der Waals surface area (Å²) in [5.41, 5.74) is 1.28. The molecule has 1 aliphatic rings. The van der Waals surface area contributed by atoms with Gasteiger partial charge in [-0.15, -0.1) is 11.3 Å². The molecule has 1 fully saturated rings. The number of hydrogen-bond acceptors (Lipinski definition) is 5. The molecule has 25 heavy (non-hydrogen) atoms. The largest absolute Gasteiger partial charge is 0.369 e. The molecule has 1 aliphatic heterocycles. The van der Waals surface area contributed by atoms with Crippen LogP contribution in [-0.2, 0) is 10.0 Å². The summed E-state index contributed by atoms with van der Waals surface area (Å²) in [4.78, 5) is 5.82. The van der Waals surface area contributed by atoms with Gasteiger partial charge < -0.3 is 4.90 Å². The highest BCUT2D eigenvalue weighted by Gasteiger charge is 2.18. The Bertz CT molecular complexity index is 767. The molecule has 0 unspecified atom stereocenters. The van der Waals surface area contributed by atoms with Crippen LogP contribution >= 0.6 is 11.3 Å². The zero-order valence-electron chi connectivity index (χ0n) is 14.5. The van der Waals surface area contributed by atoms with Crippen molar-refractivity contribution < 1.29 is 8.42 Å². The average molecular weight is 380 g/mol. The Balaban J connectivity index is 1.38. The lowest BCUT2D eigenvalue weighted by Crippen LogP contribution is -2.47. The minimum Gasteiger partial charge on any atom is -0.369 e. The molecule has 0 amide bonds. The van der Waals surface area contributed by atoms with Crippen LogP contribution in [0, 0.1) is 6.92 Å². The second kappa shape index (κ2) is 8.31. The van der Waals surface area contributed by atoms with Crippen LogP contribution in [0.3, 0.4) is 0 Å². The van der Waals surface area contributed by atoms with Crippen molar-refractivity contribution in [3.05, 3.63) is 47.3 Å². The van der Waals surface area contributed by atoms with Gasteiger partial charge in [-0.25, -0.2) is 13.1 Å². The number of anilines is 1. The highest BCUT2D eigenvalue weighted by Crippen LogP contribution is 2.20. The smallest absolute Gasteiger partial charge is 0.250 e. The van der Waals surface area contributed by atoms with Crippen molar-refractivity contribution in [2.24, 2.45) is 0 Å². The van der Waals surface area contributed by atoms with Crippen LogP contribution < -0.4 is 9.62 Å². The molecule has 0 spiro atoms. The predicted octanol–water partition coefficient (Wildman–Crippen LogP) is 2.55. The van der Waals surface area contributed by atoms with Crippen molar-refractivity contribution in [1.29, 1.82) is 0 Å². The lowest BCUT2D eigenvalue weighted by Gasteiger charge is -2.36. The SMILES string of the molecule is Cc1ccc(S(=O)(=O)NCCCN2CCN(c3ccccc3)CC2)s1. The molecule has 0 atom stereocenters. The molecular formula is C18H25N3O2S2. The molecule has 2 heterocycles. The summed E-state index contributed by atoms with van der Waals surface area (Å²) in [6, 6.07) is 14.0. The summed E-state index contributed by atoms with van der Waals surface area (Å²) in [7, 11) is -3.35. The van der Waals surface area contributed by atoms with Gasteiger partial charge in [0.15, 0.2) is 0 Å². The summed E-state index contributed by atoms with van der Waals surface area (Å²) in [6.07, 6.45) is 0.828. The lowest BCUT2D eigenvalue weighted by atomic mass is 10.2. The van der Waals surface area contributed by atoms with E-state index in [9.17, 15) is 8.42 Å². The highest BCUT2D eigenvalue weighted by molar-refractivity contribution is 7.91. The van der Waals surface area contributed by atoms with Gasteiger partial charge in [0.2, 0.25) is 10.0 Å². The van der Waals surface area contributed by atoms with Gasteiger partial charge in [0.1, 0.15) is 4.21 Å². The van der Waals surface area contributed by atoms with Gasteiger partial charge in [-0.1, -0.05) is 18.2 Å². The number of hydrogen-bond donors (Lipinski definition) is 1. The van der Waals surface area contributed by atoms with Gasteiger partial charge in [0.05, 0.1) is 0 Å². The first kappa shape index (κ1) is 18.4. The number of aryl methyl sites for hydroxylation is 1. The molecule has 1 aromatic heterocycles. The van der Waals surface area contributed by atoms with E-state index in [0.29, 0.717) is 10.8 Å². The zero-order valence-corrected chi connectivity index (χ0v) is 16.2. The predicted molar refractivity (Wildman–Crippen MR) is 104 cm³/mol. The van der Waals surface area contributed by atoms with Gasteiger partial charge in [-0.05, 0) is 44.2 Å². The minimum atomic E-state index is -3.35. The van der Waals surface area contributed by atoms with Crippen LogP contribution in [0.1, 0.15) is 11.3 Å². The summed E-state index contributed by atoms with van der Waals surface area (Å²) in [6.45, 7) is 7.40. The molecule has 5 nitrogen and oxygen atoms in total. The molecule has 2 aromatic rings. The Kier molecular flexibility index (Phi) is 6.11. The monoisotopic (exact) mass is 379 g/mol. The Morgan fingerprint density at radius 2 is 1.76 bits per heavy atom. The Morgan fingerprint density at radius 3 is 2.40 bits per heavy atom. The molecule has 0 saturated carbocycles. The van der Waals surface area contributed by atoms with Gasteiger partial charge in [-0.2, -0.15) is 0 Å². The lowest BCUT2D eigenvalue weighted by molar-refractivity contribution is 0.255. The van der Waals surface area contributed by atoms with E-state index < -0.39 is 10.0 Å². The van der Waals surface area contributed by atoms with Crippen molar-refractivity contribution in [3.63, 3.8) is 0 Å². The number of rotatable bonds is 7. The number of para-hydroxylation sites is 1. The molecule has 0 radical (unpaired) electrons. The fraction of sp³-hybridized carbons (Fsp3) is 0.444. The third-order valence-electron chi connectivity index (χ3n) is 4.42. The molecule has 136 valence electrons. The fourth-order valence-corrected chi connectivity index (χ4v) is 5.41. The molecule has 1 N–H and O–H groups in total. The maximum Gasteiger partial charge on any atom is 0.250 e. The van der Waals surface area contributed by atoms with E-state index in [1.54, 1.807) is 6.07 Å². The summed E-state index contributed by atoms with van der Waals surface area (Å²) < 4.78 is 27.5. The van der Waals surface area contributed by atoms with Crippen LogP contribution in [0.15, 0.2) is 46.7 Å². The van der Waals surface area contributed by atoms with Crippen molar-refractivity contribution in [1.82, 2.24) is 9.62 Å². The van der Waals surface area contributed by atoms with Gasteiger partial charge in [0.25, 0.3) is 0 Å². The number of nitrogens with zero attached hydrogens (tertiary/aromatic N) is 2. The van der Waals surface area contributed by atoms with E-state index in [-0.39, 0.29) is 0 Å². The normalized spacial score (nSPS) is 16.3. The summed E-state index contributed by atoms with van der Waals surface area (Å²) in [5, 5.41) is 0. The van der Waals surface area contributed by atoms with Crippen molar-refractivity contribution in [3.8, 4) is 0 Å². The number of thiophene rings is 1. The first-order chi connectivity index (χ1) is 12.0. The summed E-state index contributed by atoms with van der Waals surface area (Å²) >= 11 is 1.31. The highest BCUT2D eigenvalue weighted by atomic mass is 32.2. The van der Waals surface area contributed by atoms with E-state index in [1.807, 2.05) is 19.1 Å². The quantitative estimate of drug-likeness (QED) is 0.751. The minimum absolute atomic E-state index is 0.404. The van der Waals surface area contributed by atoms with Crippen LogP contribution in [0.5, 0.6) is 0 Å². The molecule has 1 saturated heterocycles. The number of nitrogens with one attached hydrogen (secondary N) is 1. The van der Waals surface area contributed by atoms with Crippen LogP contribution in [0.25, 0.3) is 0 Å². The van der Waals surface area contributed by atoms with Gasteiger partial charge >= 0.3 is 0 Å². The molecule has 0 bridgehead atoms. The number of piperazine rings is 1. The van der Waals surface area contributed by atoms with Crippen molar-refractivity contribution in [2.45, 2.75) is 17.6 Å². The maximum atomic E-state index is 12.2. The zero-order chi connectivity index (χ0) is 17.7. The van der Waals surface area contributed by atoms with Gasteiger partial charge in [0, 0.05) is 43.3 Å².